The molecule has 0 radical (unpaired) electrons. The molecule has 1 atom stereocenters. The lowest BCUT2D eigenvalue weighted by Crippen LogP contribution is -2.59. The minimum absolute atomic E-state index is 0.0487. The molecule has 4 rings (SSSR count). The summed E-state index contributed by atoms with van der Waals surface area (Å²) in [7, 11) is 0. The van der Waals surface area contributed by atoms with Gasteiger partial charge < -0.3 is 9.80 Å². The Morgan fingerprint density at radius 1 is 1.16 bits per heavy atom. The van der Waals surface area contributed by atoms with Crippen molar-refractivity contribution < 1.29 is 9.59 Å². The second kappa shape index (κ2) is 9.26. The topological polar surface area (TPSA) is 86.4 Å². The van der Waals surface area contributed by atoms with E-state index >= 15 is 0 Å². The third-order valence-electron chi connectivity index (χ3n) is 5.40. The lowest BCUT2D eigenvalue weighted by atomic mass is 9.98. The zero-order chi connectivity index (χ0) is 21.8. The van der Waals surface area contributed by atoms with Crippen molar-refractivity contribution in [3.63, 3.8) is 0 Å². The number of rotatable bonds is 6. The number of thiophene rings is 1. The minimum Gasteiger partial charge on any atom is -0.339 e. The average Bonchev–Trinajstić information content (AvgIpc) is 3.32. The van der Waals surface area contributed by atoms with E-state index in [-0.39, 0.29) is 23.1 Å². The Bertz CT molecular complexity index is 1110. The van der Waals surface area contributed by atoms with Crippen LogP contribution in [-0.2, 0) is 11.2 Å². The fraction of sp³-hybridized carbons (Fsp3) is 0.304. The van der Waals surface area contributed by atoms with Crippen molar-refractivity contribution in [2.45, 2.75) is 25.8 Å². The molecule has 0 saturated carbocycles. The van der Waals surface area contributed by atoms with Crippen molar-refractivity contribution in [3.05, 3.63) is 75.5 Å². The molecule has 1 N–H and O–H groups in total. The predicted molar refractivity (Wildman–Crippen MR) is 120 cm³/mol. The quantitative estimate of drug-likeness (QED) is 0.644. The highest BCUT2D eigenvalue weighted by Crippen LogP contribution is 2.27. The van der Waals surface area contributed by atoms with E-state index in [1.165, 1.54) is 12.1 Å². The van der Waals surface area contributed by atoms with Crippen molar-refractivity contribution in [2.75, 3.05) is 19.6 Å². The van der Waals surface area contributed by atoms with Gasteiger partial charge >= 0.3 is 0 Å². The van der Waals surface area contributed by atoms with Crippen molar-refractivity contribution in [1.82, 2.24) is 20.0 Å². The number of H-pyrrole nitrogens is 1. The van der Waals surface area contributed by atoms with Crippen molar-refractivity contribution in [1.29, 1.82) is 0 Å². The first kappa shape index (κ1) is 21.0. The molecule has 0 bridgehead atoms. The second-order valence-corrected chi connectivity index (χ2v) is 8.48. The van der Waals surface area contributed by atoms with Crippen molar-refractivity contribution in [3.8, 4) is 10.4 Å². The third kappa shape index (κ3) is 4.59. The Morgan fingerprint density at radius 2 is 2.03 bits per heavy atom. The van der Waals surface area contributed by atoms with Gasteiger partial charge in [-0.05, 0) is 35.1 Å². The number of aromatic amines is 1. The Balaban J connectivity index is 1.63. The highest BCUT2D eigenvalue weighted by atomic mass is 32.1. The summed E-state index contributed by atoms with van der Waals surface area (Å²) in [5.74, 6) is -0.396. The van der Waals surface area contributed by atoms with Crippen molar-refractivity contribution in [2.24, 2.45) is 0 Å². The van der Waals surface area contributed by atoms with Crippen LogP contribution in [0.15, 0.2) is 58.7 Å². The Morgan fingerprint density at radius 3 is 2.74 bits per heavy atom. The lowest BCUT2D eigenvalue weighted by molar-refractivity contribution is -0.140. The number of carbonyl (C=O) groups excluding carboxylic acids is 2. The Labute approximate surface area is 184 Å². The van der Waals surface area contributed by atoms with E-state index in [9.17, 15) is 14.4 Å². The van der Waals surface area contributed by atoms with Gasteiger partial charge in [-0.25, -0.2) is 5.10 Å². The smallest absolute Gasteiger partial charge is 0.275 e. The largest absolute Gasteiger partial charge is 0.339 e. The number of nitrogens with zero attached hydrogens (tertiary/aromatic N) is 3. The molecule has 1 aromatic carbocycles. The molecular weight excluding hydrogens is 412 g/mol. The van der Waals surface area contributed by atoms with E-state index in [1.54, 1.807) is 16.2 Å². The SMILES string of the molecule is CCCN1CCN(C(=O)c2ccc(=O)[nH]n2)[C@@H](Cc2cccc(-c3cccs3)c2)C1=O. The molecule has 0 unspecified atom stereocenters. The molecule has 7 nitrogen and oxygen atoms in total. The molecule has 1 aliphatic rings. The maximum Gasteiger partial charge on any atom is 0.275 e. The molecule has 0 aliphatic carbocycles. The monoisotopic (exact) mass is 436 g/mol. The zero-order valence-corrected chi connectivity index (χ0v) is 18.1. The van der Waals surface area contributed by atoms with E-state index in [4.69, 9.17) is 0 Å². The van der Waals surface area contributed by atoms with Crippen LogP contribution < -0.4 is 5.56 Å². The number of carbonyl (C=O) groups is 2. The maximum atomic E-state index is 13.3. The fourth-order valence-electron chi connectivity index (χ4n) is 3.90. The second-order valence-electron chi connectivity index (χ2n) is 7.53. The Kier molecular flexibility index (Phi) is 6.27. The van der Waals surface area contributed by atoms with Crippen LogP contribution >= 0.6 is 11.3 Å². The summed E-state index contributed by atoms with van der Waals surface area (Å²) in [5.41, 5.74) is 1.85. The van der Waals surface area contributed by atoms with Crippen LogP contribution in [0.3, 0.4) is 0 Å². The highest BCUT2D eigenvalue weighted by Gasteiger charge is 2.38. The van der Waals surface area contributed by atoms with Gasteiger partial charge in [0.15, 0.2) is 0 Å². The summed E-state index contributed by atoms with van der Waals surface area (Å²) >= 11 is 1.67. The summed E-state index contributed by atoms with van der Waals surface area (Å²) in [6.45, 7) is 3.63. The molecule has 2 amide bonds. The summed E-state index contributed by atoms with van der Waals surface area (Å²) < 4.78 is 0. The summed E-state index contributed by atoms with van der Waals surface area (Å²) in [5, 5.41) is 8.21. The molecule has 0 spiro atoms. The molecule has 8 heteroatoms. The van der Waals surface area contributed by atoms with E-state index < -0.39 is 6.04 Å². The van der Waals surface area contributed by atoms with Gasteiger partial charge in [-0.15, -0.1) is 11.3 Å². The van der Waals surface area contributed by atoms with E-state index in [0.29, 0.717) is 26.1 Å². The normalized spacial score (nSPS) is 16.5. The number of nitrogens with one attached hydrogen (secondary N) is 1. The number of benzene rings is 1. The molecule has 1 aliphatic heterocycles. The van der Waals surface area contributed by atoms with Crippen molar-refractivity contribution >= 4 is 23.2 Å². The van der Waals surface area contributed by atoms with Gasteiger partial charge in [0.25, 0.3) is 11.5 Å². The van der Waals surface area contributed by atoms with Crippen LogP contribution in [0.1, 0.15) is 29.4 Å². The molecule has 1 saturated heterocycles. The van der Waals surface area contributed by atoms with E-state index in [2.05, 4.69) is 28.4 Å². The summed E-state index contributed by atoms with van der Waals surface area (Å²) in [6.07, 6.45) is 1.29. The molecule has 1 fully saturated rings. The summed E-state index contributed by atoms with van der Waals surface area (Å²) in [6, 6.07) is 14.2. The number of hydrogen-bond donors (Lipinski definition) is 1. The highest BCUT2D eigenvalue weighted by molar-refractivity contribution is 7.13. The first-order valence-corrected chi connectivity index (χ1v) is 11.2. The first-order valence-electron chi connectivity index (χ1n) is 10.3. The molecule has 3 heterocycles. The molecule has 160 valence electrons. The number of aromatic nitrogens is 2. The number of amides is 2. The third-order valence-corrected chi connectivity index (χ3v) is 6.32. The van der Waals surface area contributed by atoms with Crippen LogP contribution in [0, 0.1) is 0 Å². The van der Waals surface area contributed by atoms with E-state index in [1.807, 2.05) is 35.4 Å². The average molecular weight is 437 g/mol. The van der Waals surface area contributed by atoms with Crippen LogP contribution in [0.2, 0.25) is 0 Å². The van der Waals surface area contributed by atoms with Crippen LogP contribution in [0.4, 0.5) is 0 Å². The predicted octanol–water partition coefficient (Wildman–Crippen LogP) is 2.80. The van der Waals surface area contributed by atoms with E-state index in [0.717, 1.165) is 22.4 Å². The molecular formula is C23H24N4O3S. The fourth-order valence-corrected chi connectivity index (χ4v) is 4.62. The zero-order valence-electron chi connectivity index (χ0n) is 17.3. The van der Waals surface area contributed by atoms with Gasteiger partial charge in [-0.3, -0.25) is 14.4 Å². The minimum atomic E-state index is -0.611. The van der Waals surface area contributed by atoms with Gasteiger partial charge in [0, 0.05) is 37.0 Å². The summed E-state index contributed by atoms with van der Waals surface area (Å²) in [4.78, 5) is 42.3. The van der Waals surface area contributed by atoms with Gasteiger partial charge in [0.2, 0.25) is 5.91 Å². The van der Waals surface area contributed by atoms with Gasteiger partial charge in [0.1, 0.15) is 11.7 Å². The standard InChI is InChI=1S/C23H24N4O3S/c1-2-10-26-11-12-27(22(29)18-8-9-21(28)25-24-18)19(23(26)30)15-16-5-3-6-17(14-16)20-7-4-13-31-20/h3-9,13-14,19H,2,10-12,15H2,1H3,(H,25,28)/t19-/m0/s1. The molecule has 2 aromatic heterocycles. The van der Waals surface area contributed by atoms with Crippen LogP contribution in [0.25, 0.3) is 10.4 Å². The first-order chi connectivity index (χ1) is 15.1. The van der Waals surface area contributed by atoms with Gasteiger partial charge in [0.05, 0.1) is 0 Å². The lowest BCUT2D eigenvalue weighted by Gasteiger charge is -2.40. The Hall–Kier alpha value is -3.26. The maximum absolute atomic E-state index is 13.3. The van der Waals surface area contributed by atoms with Gasteiger partial charge in [-0.1, -0.05) is 37.3 Å². The van der Waals surface area contributed by atoms with Crippen LogP contribution in [0.5, 0.6) is 0 Å². The molecule has 3 aromatic rings. The molecule has 31 heavy (non-hydrogen) atoms. The van der Waals surface area contributed by atoms with Crippen LogP contribution in [-0.4, -0.2) is 57.5 Å². The number of hydrogen-bond acceptors (Lipinski definition) is 5. The number of piperazine rings is 1. The van der Waals surface area contributed by atoms with Gasteiger partial charge in [-0.2, -0.15) is 5.10 Å².